The predicted molar refractivity (Wildman–Crippen MR) is 104 cm³/mol. The third-order valence-electron chi connectivity index (χ3n) is 4.06. The van der Waals surface area contributed by atoms with Crippen molar-refractivity contribution >= 4 is 28.3 Å². The summed E-state index contributed by atoms with van der Waals surface area (Å²) in [4.78, 5) is 25.3. The minimum absolute atomic E-state index is 0.0939. The Labute approximate surface area is 157 Å². The largest absolute Gasteiger partial charge is 0.457 e. The van der Waals surface area contributed by atoms with Crippen LogP contribution in [0.1, 0.15) is 29.8 Å². The molecule has 0 aliphatic rings. The molecule has 26 heavy (non-hydrogen) atoms. The van der Waals surface area contributed by atoms with Crippen molar-refractivity contribution in [2.24, 2.45) is 5.92 Å². The van der Waals surface area contributed by atoms with Crippen LogP contribution in [0.25, 0.3) is 10.8 Å². The third-order valence-corrected chi connectivity index (χ3v) is 4.31. The Kier molecular flexibility index (Phi) is 5.43. The summed E-state index contributed by atoms with van der Waals surface area (Å²) in [7, 11) is 0. The summed E-state index contributed by atoms with van der Waals surface area (Å²) in [6.07, 6.45) is 1.61. The Bertz CT molecular complexity index is 990. The highest BCUT2D eigenvalue weighted by Crippen LogP contribution is 2.18. The van der Waals surface area contributed by atoms with E-state index in [2.05, 4.69) is 0 Å². The number of halogens is 1. The molecule has 0 amide bonds. The number of hydrogen-bond acceptors (Lipinski definition) is 3. The second kappa shape index (κ2) is 7.75. The quantitative estimate of drug-likeness (QED) is 0.614. The molecule has 0 aliphatic carbocycles. The fourth-order valence-corrected chi connectivity index (χ4v) is 2.97. The molecule has 5 heteroatoms. The molecule has 0 fully saturated rings. The molecule has 1 aromatic heterocycles. The smallest absolute Gasteiger partial charge is 0.340 e. The molecule has 0 unspecified atom stereocenters. The monoisotopic (exact) mass is 369 g/mol. The van der Waals surface area contributed by atoms with Crippen LogP contribution in [0.5, 0.6) is 0 Å². The van der Waals surface area contributed by atoms with Crippen molar-refractivity contribution < 1.29 is 9.53 Å². The number of pyridine rings is 1. The Morgan fingerprint density at radius 3 is 2.38 bits per heavy atom. The zero-order valence-corrected chi connectivity index (χ0v) is 15.5. The summed E-state index contributed by atoms with van der Waals surface area (Å²) in [6.45, 7) is 4.75. The van der Waals surface area contributed by atoms with Gasteiger partial charge in [-0.1, -0.05) is 55.8 Å². The maximum atomic E-state index is 12.7. The number of esters is 1. The maximum Gasteiger partial charge on any atom is 0.340 e. The van der Waals surface area contributed by atoms with E-state index in [4.69, 9.17) is 16.3 Å². The SMILES string of the molecule is CC(C)Cn1cc(C(=O)OCc2ccc(Cl)cc2)c2ccccc2c1=O. The first-order chi connectivity index (χ1) is 12.5. The van der Waals surface area contributed by atoms with E-state index in [9.17, 15) is 9.59 Å². The van der Waals surface area contributed by atoms with Gasteiger partial charge >= 0.3 is 5.97 Å². The molecule has 3 aromatic rings. The average molecular weight is 370 g/mol. The maximum absolute atomic E-state index is 12.7. The van der Waals surface area contributed by atoms with Crippen molar-refractivity contribution in [3.63, 3.8) is 0 Å². The molecule has 0 bridgehead atoms. The molecular formula is C21H20ClNO3. The summed E-state index contributed by atoms with van der Waals surface area (Å²) in [6, 6.07) is 14.3. The van der Waals surface area contributed by atoms with Crippen LogP contribution in [0.15, 0.2) is 59.5 Å². The zero-order valence-electron chi connectivity index (χ0n) is 14.7. The van der Waals surface area contributed by atoms with Gasteiger partial charge < -0.3 is 9.30 Å². The lowest BCUT2D eigenvalue weighted by Gasteiger charge is -2.13. The van der Waals surface area contributed by atoms with Crippen LogP contribution in [0, 0.1) is 5.92 Å². The summed E-state index contributed by atoms with van der Waals surface area (Å²) >= 11 is 5.87. The van der Waals surface area contributed by atoms with Gasteiger partial charge in [0, 0.05) is 28.5 Å². The number of hydrogen-bond donors (Lipinski definition) is 0. The van der Waals surface area contributed by atoms with E-state index in [0.717, 1.165) is 5.56 Å². The number of carbonyl (C=O) groups excluding carboxylic acids is 1. The number of carbonyl (C=O) groups is 1. The first-order valence-electron chi connectivity index (χ1n) is 8.49. The number of nitrogens with zero attached hydrogens (tertiary/aromatic N) is 1. The zero-order chi connectivity index (χ0) is 18.7. The van der Waals surface area contributed by atoms with E-state index in [1.54, 1.807) is 41.1 Å². The minimum atomic E-state index is -0.450. The van der Waals surface area contributed by atoms with Gasteiger partial charge in [-0.05, 0) is 29.7 Å². The van der Waals surface area contributed by atoms with E-state index in [0.29, 0.717) is 27.9 Å². The number of rotatable bonds is 5. The van der Waals surface area contributed by atoms with Gasteiger partial charge in [0.15, 0.2) is 0 Å². The highest BCUT2D eigenvalue weighted by Gasteiger charge is 2.16. The molecule has 1 heterocycles. The molecule has 0 radical (unpaired) electrons. The van der Waals surface area contributed by atoms with E-state index in [1.807, 2.05) is 32.0 Å². The predicted octanol–water partition coefficient (Wildman–Crippen LogP) is 4.67. The van der Waals surface area contributed by atoms with E-state index in [-0.39, 0.29) is 18.1 Å². The second-order valence-electron chi connectivity index (χ2n) is 6.64. The second-order valence-corrected chi connectivity index (χ2v) is 7.08. The molecule has 0 N–H and O–H groups in total. The van der Waals surface area contributed by atoms with Gasteiger partial charge in [0.1, 0.15) is 6.61 Å². The normalized spacial score (nSPS) is 11.1. The van der Waals surface area contributed by atoms with Crippen LogP contribution in [-0.4, -0.2) is 10.5 Å². The number of ether oxygens (including phenoxy) is 1. The third kappa shape index (κ3) is 3.97. The van der Waals surface area contributed by atoms with E-state index >= 15 is 0 Å². The van der Waals surface area contributed by atoms with Crippen LogP contribution in [-0.2, 0) is 17.9 Å². The topological polar surface area (TPSA) is 48.3 Å². The van der Waals surface area contributed by atoms with Crippen LogP contribution in [0.3, 0.4) is 0 Å². The van der Waals surface area contributed by atoms with Crippen molar-refractivity contribution in [3.05, 3.63) is 81.2 Å². The molecule has 0 spiro atoms. The van der Waals surface area contributed by atoms with Gasteiger partial charge in [-0.25, -0.2) is 4.79 Å². The van der Waals surface area contributed by atoms with Crippen molar-refractivity contribution in [3.8, 4) is 0 Å². The van der Waals surface area contributed by atoms with Crippen molar-refractivity contribution in [1.29, 1.82) is 0 Å². The highest BCUT2D eigenvalue weighted by atomic mass is 35.5. The van der Waals surface area contributed by atoms with Crippen molar-refractivity contribution in [2.75, 3.05) is 0 Å². The highest BCUT2D eigenvalue weighted by molar-refractivity contribution is 6.30. The summed E-state index contributed by atoms with van der Waals surface area (Å²) in [5.41, 5.74) is 1.15. The molecule has 0 aliphatic heterocycles. The number of fused-ring (bicyclic) bond motifs is 1. The lowest BCUT2D eigenvalue weighted by Crippen LogP contribution is -2.24. The van der Waals surface area contributed by atoms with E-state index < -0.39 is 5.97 Å². The molecule has 134 valence electrons. The van der Waals surface area contributed by atoms with Crippen molar-refractivity contribution in [2.45, 2.75) is 27.0 Å². The van der Waals surface area contributed by atoms with E-state index in [1.165, 1.54) is 0 Å². The van der Waals surface area contributed by atoms with Crippen LogP contribution in [0.2, 0.25) is 5.02 Å². The summed E-state index contributed by atoms with van der Waals surface area (Å²) in [5.74, 6) is -0.166. The standard InChI is InChI=1S/C21H20ClNO3/c1-14(2)11-23-12-19(17-5-3-4-6-18(17)20(23)24)21(25)26-13-15-7-9-16(22)10-8-15/h3-10,12,14H,11,13H2,1-2H3. The number of aromatic nitrogens is 1. The van der Waals surface area contributed by atoms with Crippen molar-refractivity contribution in [1.82, 2.24) is 4.57 Å². The Morgan fingerprint density at radius 2 is 1.73 bits per heavy atom. The Hall–Kier alpha value is -2.59. The van der Waals surface area contributed by atoms with Gasteiger partial charge in [0.25, 0.3) is 5.56 Å². The number of benzene rings is 2. The summed E-state index contributed by atoms with van der Waals surface area (Å²) < 4.78 is 7.05. The van der Waals surface area contributed by atoms with Gasteiger partial charge in [0.2, 0.25) is 0 Å². The fraction of sp³-hybridized carbons (Fsp3) is 0.238. The first kappa shape index (κ1) is 18.2. The molecule has 0 saturated heterocycles. The summed E-state index contributed by atoms with van der Waals surface area (Å²) in [5, 5.41) is 1.76. The lowest BCUT2D eigenvalue weighted by molar-refractivity contribution is 0.0474. The van der Waals surface area contributed by atoms with Gasteiger partial charge in [-0.3, -0.25) is 4.79 Å². The van der Waals surface area contributed by atoms with Gasteiger partial charge in [0.05, 0.1) is 5.56 Å². The minimum Gasteiger partial charge on any atom is -0.457 e. The first-order valence-corrected chi connectivity index (χ1v) is 8.87. The fourth-order valence-electron chi connectivity index (χ4n) is 2.84. The molecule has 4 nitrogen and oxygen atoms in total. The Balaban J connectivity index is 1.94. The Morgan fingerprint density at radius 1 is 1.08 bits per heavy atom. The lowest BCUT2D eigenvalue weighted by atomic mass is 10.1. The van der Waals surface area contributed by atoms with Crippen LogP contribution < -0.4 is 5.56 Å². The van der Waals surface area contributed by atoms with Gasteiger partial charge in [-0.15, -0.1) is 0 Å². The van der Waals surface area contributed by atoms with Gasteiger partial charge in [-0.2, -0.15) is 0 Å². The van der Waals surface area contributed by atoms with Crippen LogP contribution in [0.4, 0.5) is 0 Å². The molecule has 0 atom stereocenters. The molecule has 0 saturated carbocycles. The molecular weight excluding hydrogens is 350 g/mol. The molecule has 2 aromatic carbocycles. The molecule has 3 rings (SSSR count). The van der Waals surface area contributed by atoms with Crippen LogP contribution >= 0.6 is 11.6 Å². The average Bonchev–Trinajstić information content (AvgIpc) is 2.63.